The van der Waals surface area contributed by atoms with Crippen LogP contribution in [0.1, 0.15) is 24.0 Å². The largest absolute Gasteiger partial charge is 0.373 e. The number of benzene rings is 1. The van der Waals surface area contributed by atoms with Crippen molar-refractivity contribution in [2.75, 3.05) is 13.1 Å². The van der Waals surface area contributed by atoms with Crippen LogP contribution in [0.3, 0.4) is 0 Å². The molecule has 5 heteroatoms. The summed E-state index contributed by atoms with van der Waals surface area (Å²) >= 11 is 0. The molecule has 3 atom stereocenters. The van der Waals surface area contributed by atoms with Gasteiger partial charge in [-0.1, -0.05) is 36.4 Å². The van der Waals surface area contributed by atoms with Crippen LogP contribution in [0.15, 0.2) is 54.9 Å². The molecule has 4 rings (SSSR count). The van der Waals surface area contributed by atoms with E-state index in [-0.39, 0.29) is 18.1 Å². The normalized spacial score (nSPS) is 25.2. The zero-order chi connectivity index (χ0) is 17.8. The molecule has 1 aromatic carbocycles. The van der Waals surface area contributed by atoms with Crippen LogP contribution in [-0.4, -0.2) is 41.1 Å². The molecule has 1 aromatic heterocycles. The molecular weight excluding hydrogens is 326 g/mol. The summed E-state index contributed by atoms with van der Waals surface area (Å²) in [5.41, 5.74) is 2.36. The molecule has 0 saturated carbocycles. The molecular formula is C21H25N3O2. The van der Waals surface area contributed by atoms with E-state index in [4.69, 9.17) is 4.74 Å². The van der Waals surface area contributed by atoms with Gasteiger partial charge in [-0.15, -0.1) is 0 Å². The standard InChI is InChI=1S/C21H25N3O2/c25-21(23-12-17-7-4-8-22-11-17)10-19-9-18-14-24(15-20(18)26-19)13-16-5-2-1-3-6-16/h1-8,11,18-20H,9-10,12-15H2,(H,23,25)/t18-,19+,20+/m1/s1. The summed E-state index contributed by atoms with van der Waals surface area (Å²) in [5, 5.41) is 2.96. The minimum absolute atomic E-state index is 0.0535. The van der Waals surface area contributed by atoms with Gasteiger partial charge < -0.3 is 10.1 Å². The van der Waals surface area contributed by atoms with Crippen molar-refractivity contribution in [3.8, 4) is 0 Å². The Kier molecular flexibility index (Phi) is 5.27. The summed E-state index contributed by atoms with van der Waals surface area (Å²) in [4.78, 5) is 18.7. The van der Waals surface area contributed by atoms with Crippen LogP contribution < -0.4 is 5.32 Å². The van der Waals surface area contributed by atoms with Gasteiger partial charge >= 0.3 is 0 Å². The maximum Gasteiger partial charge on any atom is 0.222 e. The number of pyridine rings is 1. The highest BCUT2D eigenvalue weighted by Gasteiger charge is 2.42. The SMILES string of the molecule is O=C(C[C@@H]1C[C@@H]2CN(Cc3ccccc3)C[C@@H]2O1)NCc1cccnc1. The molecule has 26 heavy (non-hydrogen) atoms. The van der Waals surface area contributed by atoms with Gasteiger partial charge in [0, 0.05) is 44.5 Å². The van der Waals surface area contributed by atoms with Crippen molar-refractivity contribution < 1.29 is 9.53 Å². The van der Waals surface area contributed by atoms with Gasteiger partial charge in [-0.25, -0.2) is 0 Å². The predicted molar refractivity (Wildman–Crippen MR) is 99.2 cm³/mol. The first-order valence-corrected chi connectivity index (χ1v) is 9.33. The fourth-order valence-corrected chi connectivity index (χ4v) is 4.03. The number of rotatable bonds is 6. The Balaban J connectivity index is 1.20. The summed E-state index contributed by atoms with van der Waals surface area (Å²) in [6.45, 7) is 3.53. The van der Waals surface area contributed by atoms with E-state index in [1.165, 1.54) is 5.56 Å². The third-order valence-electron chi connectivity index (χ3n) is 5.26. The van der Waals surface area contributed by atoms with Crippen LogP contribution in [0.25, 0.3) is 0 Å². The summed E-state index contributed by atoms with van der Waals surface area (Å²) < 4.78 is 6.16. The molecule has 136 valence electrons. The van der Waals surface area contributed by atoms with Crippen molar-refractivity contribution in [1.82, 2.24) is 15.2 Å². The van der Waals surface area contributed by atoms with Crippen molar-refractivity contribution in [2.24, 2.45) is 5.92 Å². The van der Waals surface area contributed by atoms with E-state index in [2.05, 4.69) is 45.5 Å². The number of hydrogen-bond donors (Lipinski definition) is 1. The lowest BCUT2D eigenvalue weighted by Crippen LogP contribution is -2.29. The zero-order valence-electron chi connectivity index (χ0n) is 14.9. The van der Waals surface area contributed by atoms with E-state index < -0.39 is 0 Å². The number of nitrogens with one attached hydrogen (secondary N) is 1. The molecule has 0 spiro atoms. The van der Waals surface area contributed by atoms with Crippen molar-refractivity contribution in [3.05, 3.63) is 66.0 Å². The summed E-state index contributed by atoms with van der Waals surface area (Å²) in [5.74, 6) is 0.606. The molecule has 3 heterocycles. The summed E-state index contributed by atoms with van der Waals surface area (Å²) in [6, 6.07) is 14.4. The van der Waals surface area contributed by atoms with Gasteiger partial charge in [0.1, 0.15) is 0 Å². The fourth-order valence-electron chi connectivity index (χ4n) is 4.03. The highest BCUT2D eigenvalue weighted by molar-refractivity contribution is 5.76. The van der Waals surface area contributed by atoms with Crippen LogP contribution >= 0.6 is 0 Å². The van der Waals surface area contributed by atoms with E-state index in [1.54, 1.807) is 12.4 Å². The lowest BCUT2D eigenvalue weighted by molar-refractivity contribution is -0.124. The maximum atomic E-state index is 12.2. The van der Waals surface area contributed by atoms with E-state index in [0.29, 0.717) is 18.9 Å². The number of ether oxygens (including phenoxy) is 1. The Morgan fingerprint density at radius 2 is 2.00 bits per heavy atom. The van der Waals surface area contributed by atoms with Crippen molar-refractivity contribution >= 4 is 5.91 Å². The number of aromatic nitrogens is 1. The van der Waals surface area contributed by atoms with Crippen LogP contribution in [0, 0.1) is 5.92 Å². The first-order valence-electron chi connectivity index (χ1n) is 9.33. The Morgan fingerprint density at radius 1 is 1.15 bits per heavy atom. The Labute approximate surface area is 154 Å². The Hall–Kier alpha value is -2.24. The minimum atomic E-state index is 0.0535. The van der Waals surface area contributed by atoms with Gasteiger partial charge in [0.2, 0.25) is 5.91 Å². The predicted octanol–water partition coefficient (Wildman–Crippen LogP) is 2.38. The number of fused-ring (bicyclic) bond motifs is 1. The average molecular weight is 351 g/mol. The second-order valence-corrected chi connectivity index (χ2v) is 7.31. The van der Waals surface area contributed by atoms with Gasteiger partial charge in [0.15, 0.2) is 0 Å². The molecule has 1 N–H and O–H groups in total. The lowest BCUT2D eigenvalue weighted by Gasteiger charge is -2.19. The number of likely N-dealkylation sites (tertiary alicyclic amines) is 1. The third kappa shape index (κ3) is 4.29. The van der Waals surface area contributed by atoms with E-state index in [1.807, 2.05) is 12.1 Å². The molecule has 2 saturated heterocycles. The second-order valence-electron chi connectivity index (χ2n) is 7.31. The molecule has 2 aliphatic heterocycles. The Bertz CT molecular complexity index is 709. The van der Waals surface area contributed by atoms with Crippen LogP contribution in [0.4, 0.5) is 0 Å². The van der Waals surface area contributed by atoms with Gasteiger partial charge in [-0.05, 0) is 23.6 Å². The molecule has 0 radical (unpaired) electrons. The number of nitrogens with zero attached hydrogens (tertiary/aromatic N) is 2. The van der Waals surface area contributed by atoms with E-state index in [0.717, 1.165) is 31.6 Å². The zero-order valence-corrected chi connectivity index (χ0v) is 14.9. The quantitative estimate of drug-likeness (QED) is 0.868. The van der Waals surface area contributed by atoms with Gasteiger partial charge in [0.25, 0.3) is 0 Å². The molecule has 2 fully saturated rings. The molecule has 0 aliphatic carbocycles. The molecule has 0 unspecified atom stereocenters. The summed E-state index contributed by atoms with van der Waals surface area (Å²) in [7, 11) is 0. The fraction of sp³-hybridized carbons (Fsp3) is 0.429. The first-order chi connectivity index (χ1) is 12.8. The van der Waals surface area contributed by atoms with Gasteiger partial charge in [-0.3, -0.25) is 14.7 Å². The van der Waals surface area contributed by atoms with E-state index in [9.17, 15) is 4.79 Å². The number of carbonyl (C=O) groups is 1. The van der Waals surface area contributed by atoms with Crippen LogP contribution in [0.2, 0.25) is 0 Å². The number of amides is 1. The molecule has 5 nitrogen and oxygen atoms in total. The summed E-state index contributed by atoms with van der Waals surface area (Å²) in [6.07, 6.45) is 5.27. The number of carbonyl (C=O) groups excluding carboxylic acids is 1. The number of hydrogen-bond acceptors (Lipinski definition) is 4. The molecule has 0 bridgehead atoms. The van der Waals surface area contributed by atoms with Crippen LogP contribution in [-0.2, 0) is 22.6 Å². The van der Waals surface area contributed by atoms with Crippen molar-refractivity contribution in [3.63, 3.8) is 0 Å². The van der Waals surface area contributed by atoms with Gasteiger partial charge in [-0.2, -0.15) is 0 Å². The van der Waals surface area contributed by atoms with Gasteiger partial charge in [0.05, 0.1) is 18.6 Å². The topological polar surface area (TPSA) is 54.5 Å². The lowest BCUT2D eigenvalue weighted by atomic mass is 10.0. The minimum Gasteiger partial charge on any atom is -0.373 e. The third-order valence-corrected chi connectivity index (χ3v) is 5.26. The maximum absolute atomic E-state index is 12.2. The van der Waals surface area contributed by atoms with Crippen LogP contribution in [0.5, 0.6) is 0 Å². The Morgan fingerprint density at radius 3 is 2.77 bits per heavy atom. The first kappa shape index (κ1) is 17.2. The average Bonchev–Trinajstić information content (AvgIpc) is 3.19. The highest BCUT2D eigenvalue weighted by Crippen LogP contribution is 2.34. The van der Waals surface area contributed by atoms with Crippen molar-refractivity contribution in [1.29, 1.82) is 0 Å². The second kappa shape index (κ2) is 7.98. The monoisotopic (exact) mass is 351 g/mol. The smallest absolute Gasteiger partial charge is 0.222 e. The van der Waals surface area contributed by atoms with Crippen molar-refractivity contribution in [2.45, 2.75) is 38.1 Å². The molecule has 2 aliphatic rings. The molecule has 1 amide bonds. The van der Waals surface area contributed by atoms with E-state index >= 15 is 0 Å². The highest BCUT2D eigenvalue weighted by atomic mass is 16.5. The molecule has 2 aromatic rings.